The number of carbonyl (C=O) groups excluding carboxylic acids is 2. The topological polar surface area (TPSA) is 90.9 Å². The third kappa shape index (κ3) is 4.71. The number of nitrogens with one attached hydrogen (secondary N) is 2. The van der Waals surface area contributed by atoms with E-state index in [2.05, 4.69) is 23.4 Å². The van der Waals surface area contributed by atoms with Gasteiger partial charge in [-0.3, -0.25) is 4.79 Å². The smallest absolute Gasteiger partial charge is 0.336 e. The van der Waals surface area contributed by atoms with E-state index in [1.165, 1.54) is 26.2 Å². The van der Waals surface area contributed by atoms with Crippen molar-refractivity contribution in [1.29, 1.82) is 0 Å². The first kappa shape index (κ1) is 18.8. The quantitative estimate of drug-likeness (QED) is 0.604. The summed E-state index contributed by atoms with van der Waals surface area (Å²) in [6, 6.07) is 8.56. The van der Waals surface area contributed by atoms with E-state index >= 15 is 0 Å². The van der Waals surface area contributed by atoms with E-state index in [0.717, 1.165) is 4.31 Å². The number of rotatable bonds is 4. The minimum Gasteiger partial charge on any atom is -0.506 e. The van der Waals surface area contributed by atoms with Gasteiger partial charge >= 0.3 is 6.03 Å². The maximum atomic E-state index is 12.3. The summed E-state index contributed by atoms with van der Waals surface area (Å²) in [5.74, 6) is -0.129. The van der Waals surface area contributed by atoms with E-state index in [1.54, 1.807) is 24.3 Å². The summed E-state index contributed by atoms with van der Waals surface area (Å²) in [4.78, 5) is 23.3. The maximum Gasteiger partial charge on any atom is 0.336 e. The van der Waals surface area contributed by atoms with Gasteiger partial charge in [-0.25, -0.2) is 9.10 Å². The molecular formula is C16H16ClN3O4S. The summed E-state index contributed by atoms with van der Waals surface area (Å²) in [5, 5.41) is 15.5. The minimum absolute atomic E-state index is 0.0986. The zero-order valence-electron chi connectivity index (χ0n) is 13.4. The molecule has 0 aliphatic carbocycles. The van der Waals surface area contributed by atoms with Crippen LogP contribution in [0.25, 0.3) is 0 Å². The van der Waals surface area contributed by atoms with Crippen molar-refractivity contribution in [2.24, 2.45) is 0 Å². The van der Waals surface area contributed by atoms with Crippen molar-refractivity contribution in [1.82, 2.24) is 0 Å². The highest BCUT2D eigenvalue weighted by Gasteiger charge is 2.18. The molecule has 0 aliphatic heterocycles. The molecule has 0 radical (unpaired) electrons. The molecule has 0 atom stereocenters. The van der Waals surface area contributed by atoms with Gasteiger partial charge in [0.15, 0.2) is 0 Å². The van der Waals surface area contributed by atoms with Crippen LogP contribution in [-0.2, 0) is 4.79 Å². The molecule has 2 aromatic carbocycles. The van der Waals surface area contributed by atoms with Crippen LogP contribution in [0, 0.1) is 0 Å². The number of phenols is 1. The highest BCUT2D eigenvalue weighted by atomic mass is 35.5. The molecule has 2 aromatic rings. The lowest BCUT2D eigenvalue weighted by atomic mass is 10.2. The van der Waals surface area contributed by atoms with Gasteiger partial charge in [-0.05, 0) is 30.3 Å². The Morgan fingerprint density at radius 3 is 2.24 bits per heavy atom. The molecule has 132 valence electrons. The Morgan fingerprint density at radius 1 is 1.16 bits per heavy atom. The van der Waals surface area contributed by atoms with Crippen LogP contribution in [0.1, 0.15) is 6.92 Å². The largest absolute Gasteiger partial charge is 0.506 e. The third-order valence-corrected chi connectivity index (χ3v) is 3.82. The number of methoxy groups -OCH3 is 1. The highest BCUT2D eigenvalue weighted by Crippen LogP contribution is 2.38. The van der Waals surface area contributed by atoms with Crippen LogP contribution in [0.2, 0.25) is 5.02 Å². The van der Waals surface area contributed by atoms with Gasteiger partial charge in [-0.1, -0.05) is 24.4 Å². The van der Waals surface area contributed by atoms with Gasteiger partial charge in [0.25, 0.3) is 0 Å². The first-order valence-corrected chi connectivity index (χ1v) is 7.83. The number of aromatic hydroxyl groups is 1. The van der Waals surface area contributed by atoms with Crippen LogP contribution < -0.4 is 19.7 Å². The monoisotopic (exact) mass is 381 g/mol. The standard InChI is InChI=1S/C16H16ClN3O4S/c1-9(21)18-10-3-5-11(6-4-10)19-16(23)20(25)13-7-12(17)15(24-2)8-14(13)22/h3-8,22,25H,1-2H3,(H,18,21)(H,19,23). The van der Waals surface area contributed by atoms with Gasteiger partial charge in [0.05, 0.1) is 12.1 Å². The molecule has 0 unspecified atom stereocenters. The maximum absolute atomic E-state index is 12.3. The summed E-state index contributed by atoms with van der Waals surface area (Å²) in [5.41, 5.74) is 1.19. The van der Waals surface area contributed by atoms with Crippen molar-refractivity contribution in [2.75, 3.05) is 22.0 Å². The van der Waals surface area contributed by atoms with E-state index in [4.69, 9.17) is 16.3 Å². The molecule has 2 rings (SSSR count). The van der Waals surface area contributed by atoms with Crippen molar-refractivity contribution in [3.8, 4) is 11.5 Å². The SMILES string of the molecule is COc1cc(O)c(N(S)C(=O)Nc2ccc(NC(C)=O)cc2)cc1Cl. The Morgan fingerprint density at radius 2 is 1.72 bits per heavy atom. The van der Waals surface area contributed by atoms with Crippen molar-refractivity contribution < 1.29 is 19.4 Å². The van der Waals surface area contributed by atoms with Crippen molar-refractivity contribution in [3.05, 3.63) is 41.4 Å². The highest BCUT2D eigenvalue weighted by molar-refractivity contribution is 7.82. The average molecular weight is 382 g/mol. The first-order valence-electron chi connectivity index (χ1n) is 7.06. The van der Waals surface area contributed by atoms with Crippen LogP contribution >= 0.6 is 24.4 Å². The normalized spacial score (nSPS) is 10.1. The van der Waals surface area contributed by atoms with E-state index in [-0.39, 0.29) is 28.1 Å². The number of urea groups is 1. The molecule has 0 saturated carbocycles. The van der Waals surface area contributed by atoms with Gasteiger partial charge < -0.3 is 20.5 Å². The van der Waals surface area contributed by atoms with Crippen molar-refractivity contribution in [3.63, 3.8) is 0 Å². The molecular weight excluding hydrogens is 366 g/mol. The summed E-state index contributed by atoms with van der Waals surface area (Å²) < 4.78 is 5.91. The van der Waals surface area contributed by atoms with Gasteiger partial charge in [0.1, 0.15) is 17.2 Å². The number of carbonyl (C=O) groups is 2. The zero-order valence-corrected chi connectivity index (χ0v) is 15.1. The van der Waals surface area contributed by atoms with Crippen LogP contribution in [0.3, 0.4) is 0 Å². The second kappa shape index (κ2) is 8.00. The number of hydrogen-bond donors (Lipinski definition) is 4. The summed E-state index contributed by atoms with van der Waals surface area (Å²) in [6.45, 7) is 1.40. The van der Waals surface area contributed by atoms with Crippen LogP contribution in [0.5, 0.6) is 11.5 Å². The number of thiol groups is 1. The number of nitrogens with zero attached hydrogens (tertiary/aromatic N) is 1. The Hall–Kier alpha value is -2.58. The Bertz CT molecular complexity index is 799. The van der Waals surface area contributed by atoms with Crippen LogP contribution in [0.15, 0.2) is 36.4 Å². The summed E-state index contributed by atoms with van der Waals surface area (Å²) >= 11 is 10.1. The molecule has 3 N–H and O–H groups in total. The van der Waals surface area contributed by atoms with E-state index in [1.807, 2.05) is 0 Å². The van der Waals surface area contributed by atoms with Crippen LogP contribution in [-0.4, -0.2) is 24.2 Å². The zero-order chi connectivity index (χ0) is 18.6. The second-order valence-electron chi connectivity index (χ2n) is 4.98. The molecule has 0 saturated heterocycles. The molecule has 0 aromatic heterocycles. The molecule has 3 amide bonds. The fourth-order valence-corrected chi connectivity index (χ4v) is 2.43. The van der Waals surface area contributed by atoms with Crippen LogP contribution in [0.4, 0.5) is 21.9 Å². The number of benzene rings is 2. The molecule has 0 aliphatic rings. The van der Waals surface area contributed by atoms with E-state index in [0.29, 0.717) is 11.4 Å². The van der Waals surface area contributed by atoms with Gasteiger partial charge in [0, 0.05) is 24.4 Å². The number of amides is 3. The fraction of sp³-hybridized carbons (Fsp3) is 0.125. The molecule has 0 bridgehead atoms. The number of phenolic OH excluding ortho intramolecular Hbond substituents is 1. The van der Waals surface area contributed by atoms with Crippen molar-refractivity contribution >= 4 is 53.4 Å². The second-order valence-corrected chi connectivity index (χ2v) is 5.78. The summed E-state index contributed by atoms with van der Waals surface area (Å²) in [7, 11) is 1.41. The Labute approximate surface area is 155 Å². The first-order chi connectivity index (χ1) is 11.8. The predicted octanol–water partition coefficient (Wildman–Crippen LogP) is 3.90. The number of hydrogen-bond acceptors (Lipinski definition) is 5. The van der Waals surface area contributed by atoms with E-state index in [9.17, 15) is 14.7 Å². The number of anilines is 3. The lowest BCUT2D eigenvalue weighted by Crippen LogP contribution is -2.26. The molecule has 25 heavy (non-hydrogen) atoms. The Kier molecular flexibility index (Phi) is 6.00. The van der Waals surface area contributed by atoms with Gasteiger partial charge in [-0.15, -0.1) is 0 Å². The molecule has 9 heteroatoms. The molecule has 7 nitrogen and oxygen atoms in total. The molecule has 0 heterocycles. The predicted molar refractivity (Wildman–Crippen MR) is 101 cm³/mol. The van der Waals surface area contributed by atoms with E-state index < -0.39 is 6.03 Å². The lowest BCUT2D eigenvalue weighted by Gasteiger charge is -2.19. The number of halogens is 1. The molecule has 0 fully saturated rings. The van der Waals surface area contributed by atoms with Crippen molar-refractivity contribution in [2.45, 2.75) is 6.92 Å². The van der Waals surface area contributed by atoms with Gasteiger partial charge in [0.2, 0.25) is 5.91 Å². The lowest BCUT2D eigenvalue weighted by molar-refractivity contribution is -0.114. The minimum atomic E-state index is -0.604. The average Bonchev–Trinajstić information content (AvgIpc) is 2.57. The third-order valence-electron chi connectivity index (χ3n) is 3.13. The van der Waals surface area contributed by atoms with Gasteiger partial charge in [-0.2, -0.15) is 0 Å². The Balaban J connectivity index is 2.12. The summed E-state index contributed by atoms with van der Waals surface area (Å²) in [6.07, 6.45) is 0. The fourth-order valence-electron chi connectivity index (χ4n) is 1.98. The number of ether oxygens (including phenoxy) is 1. The molecule has 0 spiro atoms.